The van der Waals surface area contributed by atoms with E-state index in [4.69, 9.17) is 19.4 Å². The Kier molecular flexibility index (Phi) is 6.56. The summed E-state index contributed by atoms with van der Waals surface area (Å²) in [5, 5.41) is 1.09. The minimum atomic E-state index is 0.0588. The van der Waals surface area contributed by atoms with E-state index < -0.39 is 0 Å². The lowest BCUT2D eigenvalue weighted by atomic mass is 9.81. The predicted molar refractivity (Wildman–Crippen MR) is 201 cm³/mol. The number of fused-ring (bicyclic) bond motifs is 7. The van der Waals surface area contributed by atoms with E-state index in [1.807, 2.05) is 60.7 Å². The summed E-state index contributed by atoms with van der Waals surface area (Å²) in [6.07, 6.45) is 4.46. The second kappa shape index (κ2) is 11.5. The SMILES string of the molecule is C1=CC2C(c3ccccc3N2c2ccccc2)c2c1oc1c(-c3nc(-c4ccccc4)nc(-c4ccccc4)n3)ccc(-c3ccccc3)c21. The van der Waals surface area contributed by atoms with Gasteiger partial charge in [0.05, 0.1) is 11.6 Å². The number of furan rings is 1. The Morgan fingerprint density at radius 2 is 1.04 bits per heavy atom. The van der Waals surface area contributed by atoms with Gasteiger partial charge in [-0.15, -0.1) is 0 Å². The van der Waals surface area contributed by atoms with Gasteiger partial charge in [-0.1, -0.05) is 140 Å². The molecule has 3 heterocycles. The zero-order valence-corrected chi connectivity index (χ0v) is 27.0. The van der Waals surface area contributed by atoms with Crippen LogP contribution in [0.5, 0.6) is 0 Å². The van der Waals surface area contributed by atoms with E-state index in [0.717, 1.165) is 44.5 Å². The van der Waals surface area contributed by atoms with Gasteiger partial charge in [0.2, 0.25) is 0 Å². The van der Waals surface area contributed by atoms with Crippen LogP contribution in [0.3, 0.4) is 0 Å². The number of aromatic nitrogens is 3. The van der Waals surface area contributed by atoms with Crippen LogP contribution in [0.15, 0.2) is 168 Å². The number of benzene rings is 6. The van der Waals surface area contributed by atoms with Crippen molar-refractivity contribution in [3.8, 4) is 45.3 Å². The molecule has 2 aliphatic rings. The van der Waals surface area contributed by atoms with Crippen LogP contribution >= 0.6 is 0 Å². The molecule has 5 nitrogen and oxygen atoms in total. The summed E-state index contributed by atoms with van der Waals surface area (Å²) in [6, 6.07) is 54.7. The van der Waals surface area contributed by atoms with Crippen LogP contribution in [-0.2, 0) is 0 Å². The third-order valence-electron chi connectivity index (χ3n) is 9.89. The molecule has 6 aromatic carbocycles. The van der Waals surface area contributed by atoms with Crippen LogP contribution in [0.4, 0.5) is 11.4 Å². The van der Waals surface area contributed by atoms with E-state index in [0.29, 0.717) is 17.5 Å². The minimum Gasteiger partial charge on any atom is -0.456 e. The van der Waals surface area contributed by atoms with Crippen molar-refractivity contribution in [1.29, 1.82) is 0 Å². The third-order valence-corrected chi connectivity index (χ3v) is 9.89. The average molecular weight is 643 g/mol. The third kappa shape index (κ3) is 4.51. The fourth-order valence-corrected chi connectivity index (χ4v) is 7.71. The van der Waals surface area contributed by atoms with Gasteiger partial charge < -0.3 is 9.32 Å². The molecule has 1 aliphatic heterocycles. The molecule has 8 aromatic rings. The summed E-state index contributed by atoms with van der Waals surface area (Å²) < 4.78 is 6.99. The molecule has 0 amide bonds. The van der Waals surface area contributed by atoms with Gasteiger partial charge in [0.15, 0.2) is 17.5 Å². The number of anilines is 2. The van der Waals surface area contributed by atoms with Crippen LogP contribution in [0.2, 0.25) is 0 Å². The summed E-state index contributed by atoms with van der Waals surface area (Å²) in [5.41, 5.74) is 10.6. The van der Waals surface area contributed by atoms with Crippen LogP contribution in [0.25, 0.3) is 62.3 Å². The Morgan fingerprint density at radius 1 is 0.500 bits per heavy atom. The Balaban J connectivity index is 1.24. The quantitative estimate of drug-likeness (QED) is 0.187. The molecule has 0 saturated heterocycles. The normalized spacial score (nSPS) is 15.9. The summed E-state index contributed by atoms with van der Waals surface area (Å²) in [6.45, 7) is 0. The number of nitrogens with zero attached hydrogens (tertiary/aromatic N) is 4. The highest BCUT2D eigenvalue weighted by Crippen LogP contribution is 2.55. The van der Waals surface area contributed by atoms with Gasteiger partial charge in [-0.3, -0.25) is 0 Å². The molecular weight excluding hydrogens is 613 g/mol. The van der Waals surface area contributed by atoms with E-state index in [9.17, 15) is 0 Å². The van der Waals surface area contributed by atoms with E-state index in [-0.39, 0.29) is 12.0 Å². The largest absolute Gasteiger partial charge is 0.456 e. The van der Waals surface area contributed by atoms with Gasteiger partial charge in [0, 0.05) is 39.4 Å². The van der Waals surface area contributed by atoms with Gasteiger partial charge in [-0.05, 0) is 47.0 Å². The van der Waals surface area contributed by atoms with Gasteiger partial charge in [0.1, 0.15) is 11.3 Å². The van der Waals surface area contributed by atoms with Gasteiger partial charge in [-0.2, -0.15) is 0 Å². The number of hydrogen-bond acceptors (Lipinski definition) is 5. The van der Waals surface area contributed by atoms with Crippen molar-refractivity contribution in [3.05, 3.63) is 181 Å². The lowest BCUT2D eigenvalue weighted by Crippen LogP contribution is -2.30. The van der Waals surface area contributed by atoms with E-state index in [2.05, 4.69) is 114 Å². The van der Waals surface area contributed by atoms with Crippen LogP contribution in [-0.4, -0.2) is 21.0 Å². The topological polar surface area (TPSA) is 55.1 Å². The highest BCUT2D eigenvalue weighted by molar-refractivity contribution is 6.06. The molecule has 0 fully saturated rings. The van der Waals surface area contributed by atoms with Crippen molar-refractivity contribution >= 4 is 28.4 Å². The van der Waals surface area contributed by atoms with Crippen molar-refractivity contribution in [2.45, 2.75) is 12.0 Å². The molecule has 0 bridgehead atoms. The zero-order valence-electron chi connectivity index (χ0n) is 27.0. The van der Waals surface area contributed by atoms with Gasteiger partial charge in [0.25, 0.3) is 0 Å². The molecule has 5 heteroatoms. The number of hydrogen-bond donors (Lipinski definition) is 0. The molecule has 0 spiro atoms. The maximum atomic E-state index is 6.99. The highest BCUT2D eigenvalue weighted by atomic mass is 16.3. The fourth-order valence-electron chi connectivity index (χ4n) is 7.71. The molecule has 1 aliphatic carbocycles. The fraction of sp³-hybridized carbons (Fsp3) is 0.0444. The second-order valence-electron chi connectivity index (χ2n) is 12.7. The lowest BCUT2D eigenvalue weighted by Gasteiger charge is -2.30. The van der Waals surface area contributed by atoms with Gasteiger partial charge in [-0.25, -0.2) is 15.0 Å². The molecule has 2 atom stereocenters. The first-order chi connectivity index (χ1) is 24.8. The Hall–Kier alpha value is -6.59. The van der Waals surface area contributed by atoms with E-state index >= 15 is 0 Å². The molecule has 50 heavy (non-hydrogen) atoms. The lowest BCUT2D eigenvalue weighted by molar-refractivity contribution is 0.584. The van der Waals surface area contributed by atoms with Crippen molar-refractivity contribution in [2.24, 2.45) is 0 Å². The van der Waals surface area contributed by atoms with E-state index in [1.54, 1.807) is 0 Å². The maximum Gasteiger partial charge on any atom is 0.167 e. The molecule has 236 valence electrons. The van der Waals surface area contributed by atoms with E-state index in [1.165, 1.54) is 22.5 Å². The minimum absolute atomic E-state index is 0.0588. The molecular formula is C45H30N4O. The molecule has 2 unspecified atom stereocenters. The van der Waals surface area contributed by atoms with Crippen LogP contribution < -0.4 is 4.90 Å². The Labute approximate surface area is 289 Å². The summed E-state index contributed by atoms with van der Waals surface area (Å²) in [4.78, 5) is 17.6. The molecule has 0 radical (unpaired) electrons. The predicted octanol–water partition coefficient (Wildman–Crippen LogP) is 11.0. The second-order valence-corrected chi connectivity index (χ2v) is 12.7. The highest BCUT2D eigenvalue weighted by Gasteiger charge is 2.44. The van der Waals surface area contributed by atoms with Crippen LogP contribution in [0, 0.1) is 0 Å². The smallest absolute Gasteiger partial charge is 0.167 e. The standard InChI is InChI=1S/C45H30N4O/c1-5-15-29(16-6-1)33-25-26-35(45-47-43(30-17-7-2-8-18-30)46-44(48-45)31-19-9-3-10-20-31)42-40(33)41-38(50-42)28-27-37-39(41)34-23-13-14-24-36(34)49(37)32-21-11-4-12-22-32/h1-28,37,39H. The van der Waals surface area contributed by atoms with Crippen molar-refractivity contribution < 1.29 is 4.42 Å². The monoisotopic (exact) mass is 642 g/mol. The number of para-hydroxylation sites is 2. The van der Waals surface area contributed by atoms with Crippen molar-refractivity contribution in [3.63, 3.8) is 0 Å². The average Bonchev–Trinajstić information content (AvgIpc) is 3.75. The first-order valence-electron chi connectivity index (χ1n) is 17.0. The van der Waals surface area contributed by atoms with Gasteiger partial charge >= 0.3 is 0 Å². The first-order valence-corrected chi connectivity index (χ1v) is 17.0. The number of rotatable bonds is 5. The summed E-state index contributed by atoms with van der Waals surface area (Å²) in [7, 11) is 0. The zero-order chi connectivity index (χ0) is 33.0. The first kappa shape index (κ1) is 28.4. The molecule has 0 N–H and O–H groups in total. The van der Waals surface area contributed by atoms with Crippen LogP contribution in [0.1, 0.15) is 22.8 Å². The Morgan fingerprint density at radius 3 is 1.70 bits per heavy atom. The van der Waals surface area contributed by atoms with Crippen molar-refractivity contribution in [1.82, 2.24) is 15.0 Å². The summed E-state index contributed by atoms with van der Waals surface area (Å²) >= 11 is 0. The Bertz CT molecular complexity index is 2490. The molecule has 10 rings (SSSR count). The molecule has 2 aromatic heterocycles. The van der Waals surface area contributed by atoms with Crippen molar-refractivity contribution in [2.75, 3.05) is 4.90 Å². The molecule has 0 saturated carbocycles. The summed E-state index contributed by atoms with van der Waals surface area (Å²) in [5.74, 6) is 2.75. The maximum absolute atomic E-state index is 6.99.